The Bertz CT molecular complexity index is 343. The van der Waals surface area contributed by atoms with Crippen molar-refractivity contribution < 1.29 is 9.90 Å². The zero-order chi connectivity index (χ0) is 14.7. The Balaban J connectivity index is 1.55. The number of aliphatic hydroxyl groups excluding tert-OH is 1. The highest BCUT2D eigenvalue weighted by Gasteiger charge is 2.35. The molecule has 120 valence electrons. The molecule has 0 aromatic heterocycles. The van der Waals surface area contributed by atoms with E-state index in [0.717, 1.165) is 12.8 Å². The minimum Gasteiger partial charge on any atom is -0.395 e. The second-order valence-corrected chi connectivity index (χ2v) is 7.28. The number of rotatable bonds is 5. The van der Waals surface area contributed by atoms with E-state index in [-0.39, 0.29) is 6.61 Å². The van der Waals surface area contributed by atoms with Crippen molar-refractivity contribution in [1.82, 2.24) is 10.2 Å². The predicted molar refractivity (Wildman–Crippen MR) is 83.0 cm³/mol. The smallest absolute Gasteiger partial charge is 0.223 e. The first-order valence-corrected chi connectivity index (χ1v) is 8.92. The van der Waals surface area contributed by atoms with Crippen LogP contribution in [-0.2, 0) is 4.79 Å². The van der Waals surface area contributed by atoms with E-state index in [1.165, 1.54) is 44.9 Å². The predicted octanol–water partition coefficient (Wildman–Crippen LogP) is 2.06. The maximum atomic E-state index is 12.7. The van der Waals surface area contributed by atoms with Gasteiger partial charge in [-0.05, 0) is 44.4 Å². The van der Waals surface area contributed by atoms with Gasteiger partial charge in [0.15, 0.2) is 0 Å². The van der Waals surface area contributed by atoms with E-state index in [9.17, 15) is 9.90 Å². The van der Waals surface area contributed by atoms with Gasteiger partial charge in [0.05, 0.1) is 6.61 Å². The van der Waals surface area contributed by atoms with E-state index in [2.05, 4.69) is 5.32 Å². The van der Waals surface area contributed by atoms with Crippen LogP contribution in [0.5, 0.6) is 0 Å². The molecule has 0 radical (unpaired) electrons. The van der Waals surface area contributed by atoms with E-state index in [1.807, 2.05) is 4.90 Å². The van der Waals surface area contributed by atoms with Gasteiger partial charge in [0.1, 0.15) is 0 Å². The van der Waals surface area contributed by atoms with Crippen LogP contribution < -0.4 is 5.32 Å². The van der Waals surface area contributed by atoms with Crippen LogP contribution in [0.15, 0.2) is 0 Å². The summed E-state index contributed by atoms with van der Waals surface area (Å²) in [5.41, 5.74) is 0. The van der Waals surface area contributed by atoms with Crippen LogP contribution in [0.2, 0.25) is 0 Å². The number of carbonyl (C=O) groups excluding carboxylic acids is 1. The monoisotopic (exact) mass is 294 g/mol. The van der Waals surface area contributed by atoms with Crippen LogP contribution in [0.1, 0.15) is 64.2 Å². The van der Waals surface area contributed by atoms with Crippen molar-refractivity contribution in [2.24, 2.45) is 5.92 Å². The fourth-order valence-corrected chi connectivity index (χ4v) is 4.72. The average molecular weight is 294 g/mol. The lowest BCUT2D eigenvalue weighted by Crippen LogP contribution is -2.45. The molecule has 3 rings (SSSR count). The quantitative estimate of drug-likeness (QED) is 0.816. The summed E-state index contributed by atoms with van der Waals surface area (Å²) < 4.78 is 0. The molecular formula is C17H30N2O2. The molecule has 3 aliphatic rings. The van der Waals surface area contributed by atoms with Gasteiger partial charge in [0.2, 0.25) is 5.91 Å². The van der Waals surface area contributed by atoms with Crippen LogP contribution in [-0.4, -0.2) is 47.2 Å². The summed E-state index contributed by atoms with van der Waals surface area (Å²) >= 11 is 0. The molecule has 1 amide bonds. The number of piperidine rings is 1. The summed E-state index contributed by atoms with van der Waals surface area (Å²) in [6.07, 6.45) is 11.6. The molecule has 2 N–H and O–H groups in total. The summed E-state index contributed by atoms with van der Waals surface area (Å²) in [5, 5.41) is 13.0. The lowest BCUT2D eigenvalue weighted by molar-refractivity contribution is -0.136. The third-order valence-electron chi connectivity index (χ3n) is 5.71. The van der Waals surface area contributed by atoms with Gasteiger partial charge in [0.25, 0.3) is 0 Å². The zero-order valence-electron chi connectivity index (χ0n) is 13.1. The first-order chi connectivity index (χ1) is 10.3. The minimum atomic E-state index is 0.0969. The highest BCUT2D eigenvalue weighted by Crippen LogP contribution is 2.33. The van der Waals surface area contributed by atoms with Crippen molar-refractivity contribution in [3.8, 4) is 0 Å². The topological polar surface area (TPSA) is 52.6 Å². The lowest BCUT2D eigenvalue weighted by atomic mass is 9.88. The Kier molecular flexibility index (Phi) is 5.17. The maximum absolute atomic E-state index is 12.7. The normalized spacial score (nSPS) is 33.1. The Hall–Kier alpha value is -0.610. The SMILES string of the molecule is O=C(CC1CC2CCC(C1)N2)N(CCO)C1CCCCC1. The Morgan fingerprint density at radius 3 is 2.33 bits per heavy atom. The van der Waals surface area contributed by atoms with Crippen molar-refractivity contribution in [2.45, 2.75) is 82.3 Å². The van der Waals surface area contributed by atoms with Crippen LogP contribution in [0.4, 0.5) is 0 Å². The zero-order valence-corrected chi connectivity index (χ0v) is 13.1. The van der Waals surface area contributed by atoms with Gasteiger partial charge in [0, 0.05) is 31.1 Å². The van der Waals surface area contributed by atoms with E-state index in [1.54, 1.807) is 0 Å². The number of amides is 1. The molecule has 2 saturated heterocycles. The first kappa shape index (κ1) is 15.3. The minimum absolute atomic E-state index is 0.0969. The molecular weight excluding hydrogens is 264 g/mol. The molecule has 3 fully saturated rings. The third-order valence-corrected chi connectivity index (χ3v) is 5.71. The molecule has 4 nitrogen and oxygen atoms in total. The number of nitrogens with zero attached hydrogens (tertiary/aromatic N) is 1. The van der Waals surface area contributed by atoms with Crippen molar-refractivity contribution in [1.29, 1.82) is 0 Å². The number of fused-ring (bicyclic) bond motifs is 2. The molecule has 2 aliphatic heterocycles. The first-order valence-electron chi connectivity index (χ1n) is 8.92. The van der Waals surface area contributed by atoms with Crippen LogP contribution in [0.3, 0.4) is 0 Å². The van der Waals surface area contributed by atoms with Crippen LogP contribution in [0, 0.1) is 5.92 Å². The van der Waals surface area contributed by atoms with Gasteiger partial charge in [-0.1, -0.05) is 19.3 Å². The van der Waals surface area contributed by atoms with E-state index >= 15 is 0 Å². The van der Waals surface area contributed by atoms with Crippen molar-refractivity contribution >= 4 is 5.91 Å². The molecule has 2 heterocycles. The van der Waals surface area contributed by atoms with Crippen LogP contribution in [0.25, 0.3) is 0 Å². The van der Waals surface area contributed by atoms with Crippen molar-refractivity contribution in [3.05, 3.63) is 0 Å². The second-order valence-electron chi connectivity index (χ2n) is 7.28. The molecule has 0 aromatic carbocycles. The molecule has 0 spiro atoms. The number of hydrogen-bond donors (Lipinski definition) is 2. The molecule has 4 heteroatoms. The molecule has 21 heavy (non-hydrogen) atoms. The summed E-state index contributed by atoms with van der Waals surface area (Å²) in [5.74, 6) is 0.850. The van der Waals surface area contributed by atoms with Gasteiger partial charge >= 0.3 is 0 Å². The number of aliphatic hydroxyl groups is 1. The van der Waals surface area contributed by atoms with Crippen molar-refractivity contribution in [2.75, 3.05) is 13.2 Å². The Morgan fingerprint density at radius 2 is 1.71 bits per heavy atom. The summed E-state index contributed by atoms with van der Waals surface area (Å²) in [7, 11) is 0. The molecule has 1 saturated carbocycles. The number of carbonyl (C=O) groups is 1. The highest BCUT2D eigenvalue weighted by atomic mass is 16.3. The Labute approximate surface area is 128 Å². The van der Waals surface area contributed by atoms with Gasteiger partial charge in [-0.3, -0.25) is 4.79 Å². The van der Waals surface area contributed by atoms with E-state index in [0.29, 0.717) is 42.9 Å². The van der Waals surface area contributed by atoms with E-state index in [4.69, 9.17) is 0 Å². The molecule has 2 atom stereocenters. The molecule has 0 aromatic rings. The van der Waals surface area contributed by atoms with Gasteiger partial charge < -0.3 is 15.3 Å². The van der Waals surface area contributed by atoms with Crippen LogP contribution >= 0.6 is 0 Å². The summed E-state index contributed by atoms with van der Waals surface area (Å²) in [6.45, 7) is 0.626. The number of hydrogen-bond acceptors (Lipinski definition) is 3. The Morgan fingerprint density at radius 1 is 1.05 bits per heavy atom. The maximum Gasteiger partial charge on any atom is 0.223 e. The molecule has 2 unspecified atom stereocenters. The highest BCUT2D eigenvalue weighted by molar-refractivity contribution is 5.76. The lowest BCUT2D eigenvalue weighted by Gasteiger charge is -2.36. The molecule has 2 bridgehead atoms. The third kappa shape index (κ3) is 3.78. The largest absolute Gasteiger partial charge is 0.395 e. The fourth-order valence-electron chi connectivity index (χ4n) is 4.72. The summed E-state index contributed by atoms with van der Waals surface area (Å²) in [6, 6.07) is 1.70. The average Bonchev–Trinajstić information content (AvgIpc) is 2.84. The fraction of sp³-hybridized carbons (Fsp3) is 0.941. The van der Waals surface area contributed by atoms with Gasteiger partial charge in [-0.25, -0.2) is 0 Å². The number of nitrogens with one attached hydrogen (secondary N) is 1. The van der Waals surface area contributed by atoms with E-state index < -0.39 is 0 Å². The van der Waals surface area contributed by atoms with Gasteiger partial charge in [-0.15, -0.1) is 0 Å². The van der Waals surface area contributed by atoms with Crippen molar-refractivity contribution in [3.63, 3.8) is 0 Å². The summed E-state index contributed by atoms with van der Waals surface area (Å²) in [4.78, 5) is 14.7. The molecule has 1 aliphatic carbocycles. The van der Waals surface area contributed by atoms with Gasteiger partial charge in [-0.2, -0.15) is 0 Å². The second kappa shape index (κ2) is 7.10. The standard InChI is InChI=1S/C17H30N2O2/c20-9-8-19(16-4-2-1-3-5-16)17(21)12-13-10-14-6-7-15(11-13)18-14/h13-16,18,20H,1-12H2.